The summed E-state index contributed by atoms with van der Waals surface area (Å²) in [5.74, 6) is 0.760. The molecule has 3 N–H and O–H groups in total. The van der Waals surface area contributed by atoms with Crippen LogP contribution in [0.4, 0.5) is 25.1 Å². The fourth-order valence-electron chi connectivity index (χ4n) is 4.50. The molecular formula is C24H18F2N4O4. The number of aromatic nitrogens is 1. The van der Waals surface area contributed by atoms with Gasteiger partial charge in [-0.05, 0) is 42.8 Å². The predicted molar refractivity (Wildman–Crippen MR) is 117 cm³/mol. The topological polar surface area (TPSA) is 102 Å². The number of pyridine rings is 1. The van der Waals surface area contributed by atoms with Gasteiger partial charge in [0, 0.05) is 35.5 Å². The van der Waals surface area contributed by atoms with Gasteiger partial charge in [0.1, 0.15) is 40.8 Å². The fraction of sp³-hybridized carbons (Fsp3) is 0.208. The Balaban J connectivity index is 1.15. The van der Waals surface area contributed by atoms with Gasteiger partial charge < -0.3 is 25.4 Å². The Bertz CT molecular complexity index is 1330. The van der Waals surface area contributed by atoms with E-state index in [1.807, 2.05) is 12.1 Å². The quantitative estimate of drug-likeness (QED) is 0.540. The molecule has 10 heteroatoms. The van der Waals surface area contributed by atoms with Crippen LogP contribution in [0.25, 0.3) is 0 Å². The number of fused-ring (bicyclic) bond motifs is 4. The highest BCUT2D eigenvalue weighted by Crippen LogP contribution is 2.54. The third-order valence-electron chi connectivity index (χ3n) is 6.08. The molecule has 1 saturated carbocycles. The van der Waals surface area contributed by atoms with Gasteiger partial charge in [-0.25, -0.2) is 18.6 Å². The first-order valence-corrected chi connectivity index (χ1v) is 10.7. The SMILES string of the molecule is O=C1CCc2c(Oc3ccc4c(c3)[C@H]3[C@H](NC(=O)Nc5cc(F)cc(F)c5)[C@H]3O4)ccnc2N1. The number of anilines is 2. The summed E-state index contributed by atoms with van der Waals surface area (Å²) >= 11 is 0. The van der Waals surface area contributed by atoms with E-state index < -0.39 is 17.7 Å². The van der Waals surface area contributed by atoms with Crippen LogP contribution in [-0.4, -0.2) is 29.1 Å². The highest BCUT2D eigenvalue weighted by Gasteiger charge is 2.59. The molecule has 2 aliphatic heterocycles. The van der Waals surface area contributed by atoms with Crippen molar-refractivity contribution in [2.24, 2.45) is 0 Å². The van der Waals surface area contributed by atoms with Gasteiger partial charge in [-0.1, -0.05) is 0 Å². The Kier molecular flexibility index (Phi) is 4.61. The zero-order chi connectivity index (χ0) is 23.4. The number of benzene rings is 2. The first kappa shape index (κ1) is 20.4. The molecule has 8 nitrogen and oxygen atoms in total. The summed E-state index contributed by atoms with van der Waals surface area (Å²) in [7, 11) is 0. The van der Waals surface area contributed by atoms with Crippen LogP contribution in [0.3, 0.4) is 0 Å². The standard InChI is InChI=1S/C24H18F2N4O4/c25-11-7-12(26)9-13(8-11)28-24(32)30-21-20-16-10-14(1-3-17(16)34-22(20)21)33-18-5-6-27-23-15(18)2-4-19(31)29-23/h1,3,5-10,20-22H,2,4H2,(H,27,29,31)(H2,28,30,32)/t20-,21-,22-/m0/s1. The number of urea groups is 1. The Morgan fingerprint density at radius 3 is 2.76 bits per heavy atom. The van der Waals surface area contributed by atoms with E-state index in [9.17, 15) is 18.4 Å². The summed E-state index contributed by atoms with van der Waals surface area (Å²) in [6, 6.07) is 9.20. The lowest BCUT2D eigenvalue weighted by molar-refractivity contribution is -0.116. The van der Waals surface area contributed by atoms with Gasteiger partial charge in [-0.3, -0.25) is 4.79 Å². The number of halogens is 2. The number of ether oxygens (including phenoxy) is 2. The maximum atomic E-state index is 13.3. The van der Waals surface area contributed by atoms with Crippen molar-refractivity contribution in [3.05, 3.63) is 71.4 Å². The molecule has 2 aromatic carbocycles. The summed E-state index contributed by atoms with van der Waals surface area (Å²) in [6.45, 7) is 0. The highest BCUT2D eigenvalue weighted by atomic mass is 19.1. The second-order valence-electron chi connectivity index (χ2n) is 8.38. The molecule has 0 spiro atoms. The van der Waals surface area contributed by atoms with Crippen LogP contribution in [0.15, 0.2) is 48.7 Å². The summed E-state index contributed by atoms with van der Waals surface area (Å²) in [5.41, 5.74) is 1.77. The third-order valence-corrected chi connectivity index (χ3v) is 6.08. The molecule has 34 heavy (non-hydrogen) atoms. The molecule has 3 amide bonds. The van der Waals surface area contributed by atoms with E-state index in [-0.39, 0.29) is 29.7 Å². The predicted octanol–water partition coefficient (Wildman–Crippen LogP) is 4.09. The monoisotopic (exact) mass is 464 g/mol. The third kappa shape index (κ3) is 3.66. The summed E-state index contributed by atoms with van der Waals surface area (Å²) < 4.78 is 38.7. The minimum absolute atomic E-state index is 0.0229. The van der Waals surface area contributed by atoms with Crippen molar-refractivity contribution in [1.29, 1.82) is 0 Å². The smallest absolute Gasteiger partial charge is 0.319 e. The van der Waals surface area contributed by atoms with Crippen molar-refractivity contribution >= 4 is 23.4 Å². The van der Waals surface area contributed by atoms with Gasteiger partial charge in [0.2, 0.25) is 5.91 Å². The van der Waals surface area contributed by atoms with Crippen LogP contribution in [0.2, 0.25) is 0 Å². The van der Waals surface area contributed by atoms with Gasteiger partial charge in [-0.15, -0.1) is 0 Å². The van der Waals surface area contributed by atoms with Crippen LogP contribution < -0.4 is 25.4 Å². The lowest BCUT2D eigenvalue weighted by Crippen LogP contribution is -2.34. The molecule has 1 fully saturated rings. The van der Waals surface area contributed by atoms with Crippen LogP contribution >= 0.6 is 0 Å². The molecule has 0 radical (unpaired) electrons. The van der Waals surface area contributed by atoms with Gasteiger partial charge >= 0.3 is 6.03 Å². The number of nitrogens with one attached hydrogen (secondary N) is 3. The molecule has 0 unspecified atom stereocenters. The van der Waals surface area contributed by atoms with E-state index >= 15 is 0 Å². The number of hydrogen-bond donors (Lipinski definition) is 3. The average molecular weight is 464 g/mol. The molecule has 6 rings (SSSR count). The lowest BCUT2D eigenvalue weighted by atomic mass is 10.1. The number of carbonyl (C=O) groups excluding carboxylic acids is 2. The van der Waals surface area contributed by atoms with Crippen molar-refractivity contribution in [2.45, 2.75) is 30.9 Å². The van der Waals surface area contributed by atoms with E-state index in [1.54, 1.807) is 18.3 Å². The summed E-state index contributed by atoms with van der Waals surface area (Å²) in [6.07, 6.45) is 2.27. The van der Waals surface area contributed by atoms with E-state index in [2.05, 4.69) is 20.9 Å². The van der Waals surface area contributed by atoms with Crippen LogP contribution in [0, 0.1) is 11.6 Å². The molecule has 172 valence electrons. The van der Waals surface area contributed by atoms with Gasteiger partial charge in [0.05, 0.1) is 12.0 Å². The molecule has 3 heterocycles. The zero-order valence-electron chi connectivity index (χ0n) is 17.6. The van der Waals surface area contributed by atoms with E-state index in [1.165, 1.54) is 0 Å². The maximum Gasteiger partial charge on any atom is 0.319 e. The van der Waals surface area contributed by atoms with Crippen molar-refractivity contribution in [2.75, 3.05) is 10.6 Å². The van der Waals surface area contributed by atoms with Crippen molar-refractivity contribution < 1.29 is 27.8 Å². The van der Waals surface area contributed by atoms with Crippen LogP contribution in [0.5, 0.6) is 17.2 Å². The fourth-order valence-corrected chi connectivity index (χ4v) is 4.50. The van der Waals surface area contributed by atoms with E-state index in [4.69, 9.17) is 9.47 Å². The lowest BCUT2D eigenvalue weighted by Gasteiger charge is -2.19. The van der Waals surface area contributed by atoms with Gasteiger partial charge in [0.15, 0.2) is 0 Å². The Labute approximate surface area is 192 Å². The van der Waals surface area contributed by atoms with Gasteiger partial charge in [-0.2, -0.15) is 0 Å². The van der Waals surface area contributed by atoms with Crippen LogP contribution in [0.1, 0.15) is 23.5 Å². The number of carbonyl (C=O) groups is 2. The van der Waals surface area contributed by atoms with Crippen molar-refractivity contribution in [1.82, 2.24) is 10.3 Å². The Morgan fingerprint density at radius 2 is 1.94 bits per heavy atom. The zero-order valence-corrected chi connectivity index (χ0v) is 17.6. The molecule has 3 atom stereocenters. The first-order chi connectivity index (χ1) is 16.4. The summed E-state index contributed by atoms with van der Waals surface area (Å²) in [4.78, 5) is 28.1. The Hall–Kier alpha value is -4.21. The number of amides is 3. The number of nitrogens with zero attached hydrogens (tertiary/aromatic N) is 1. The Morgan fingerprint density at radius 1 is 1.12 bits per heavy atom. The van der Waals surface area contributed by atoms with Crippen molar-refractivity contribution in [3.8, 4) is 17.2 Å². The van der Waals surface area contributed by atoms with Gasteiger partial charge in [0.25, 0.3) is 0 Å². The molecule has 0 bridgehead atoms. The minimum atomic E-state index is -0.777. The second kappa shape index (κ2) is 7.68. The van der Waals surface area contributed by atoms with Crippen LogP contribution in [-0.2, 0) is 11.2 Å². The maximum absolute atomic E-state index is 13.3. The van der Waals surface area contributed by atoms with E-state index in [0.717, 1.165) is 35.1 Å². The average Bonchev–Trinajstić information content (AvgIpc) is 3.29. The number of rotatable bonds is 4. The highest BCUT2D eigenvalue weighted by molar-refractivity contribution is 5.93. The summed E-state index contributed by atoms with van der Waals surface area (Å²) in [5, 5.41) is 7.98. The largest absolute Gasteiger partial charge is 0.487 e. The normalized spacial score (nSPS) is 21.4. The molecule has 3 aliphatic rings. The molecule has 3 aromatic rings. The van der Waals surface area contributed by atoms with E-state index in [0.29, 0.717) is 30.2 Å². The minimum Gasteiger partial charge on any atom is -0.487 e. The second-order valence-corrected chi connectivity index (χ2v) is 8.38. The van der Waals surface area contributed by atoms with Crippen molar-refractivity contribution in [3.63, 3.8) is 0 Å². The molecule has 1 aromatic heterocycles. The molecule has 0 saturated heterocycles. The number of hydrogen-bond acceptors (Lipinski definition) is 5. The first-order valence-electron chi connectivity index (χ1n) is 10.7. The molecular weight excluding hydrogens is 446 g/mol. The molecule has 1 aliphatic carbocycles.